The Hall–Kier alpha value is -2.53. The van der Waals surface area contributed by atoms with Gasteiger partial charge < -0.3 is 15.1 Å². The minimum atomic E-state index is -0.248. The van der Waals surface area contributed by atoms with Gasteiger partial charge >= 0.3 is 6.03 Å². The topological polar surface area (TPSA) is 54.3 Å². The van der Waals surface area contributed by atoms with Crippen LogP contribution in [0.15, 0.2) is 52.3 Å². The lowest BCUT2D eigenvalue weighted by Crippen LogP contribution is -2.28. The average Bonchev–Trinajstić information content (AvgIpc) is 3.19. The highest BCUT2D eigenvalue weighted by Gasteiger charge is 2.07. The van der Waals surface area contributed by atoms with Crippen molar-refractivity contribution < 1.29 is 9.21 Å². The molecule has 2 aromatic heterocycles. The minimum absolute atomic E-state index is 0.248. The van der Waals surface area contributed by atoms with Crippen LogP contribution in [0.4, 0.5) is 10.5 Å². The molecule has 0 aliphatic heterocycles. The second-order valence-corrected chi connectivity index (χ2v) is 6.30. The largest absolute Gasteiger partial charge is 0.458 e. The van der Waals surface area contributed by atoms with E-state index in [4.69, 9.17) is 4.42 Å². The Labute approximate surface area is 139 Å². The summed E-state index contributed by atoms with van der Waals surface area (Å²) in [4.78, 5) is 13.0. The molecule has 0 saturated carbocycles. The lowest BCUT2D eigenvalue weighted by atomic mass is 10.1. The van der Waals surface area contributed by atoms with Crippen molar-refractivity contribution in [3.05, 3.63) is 64.7 Å². The quantitative estimate of drug-likeness (QED) is 0.713. The molecule has 0 radical (unpaired) electrons. The Morgan fingerprint density at radius 3 is 2.74 bits per heavy atom. The zero-order chi connectivity index (χ0) is 16.2. The van der Waals surface area contributed by atoms with E-state index in [-0.39, 0.29) is 6.03 Å². The summed E-state index contributed by atoms with van der Waals surface area (Å²) in [5.74, 6) is 1.55. The fourth-order valence-electron chi connectivity index (χ4n) is 2.19. The number of urea groups is 1. The van der Waals surface area contributed by atoms with Crippen LogP contribution in [0.3, 0.4) is 0 Å². The van der Waals surface area contributed by atoms with Crippen molar-refractivity contribution in [1.29, 1.82) is 0 Å². The van der Waals surface area contributed by atoms with Crippen molar-refractivity contribution in [2.24, 2.45) is 0 Å². The summed E-state index contributed by atoms with van der Waals surface area (Å²) in [7, 11) is 0. The molecule has 1 aromatic carbocycles. The number of hydrogen-bond acceptors (Lipinski definition) is 3. The van der Waals surface area contributed by atoms with Gasteiger partial charge in [-0.05, 0) is 60.7 Å². The van der Waals surface area contributed by atoms with Crippen molar-refractivity contribution in [3.63, 3.8) is 0 Å². The summed E-state index contributed by atoms with van der Waals surface area (Å²) in [6.07, 6.45) is 0. The van der Waals surface area contributed by atoms with Crippen LogP contribution in [-0.2, 0) is 6.54 Å². The molecule has 0 aliphatic rings. The number of furan rings is 1. The van der Waals surface area contributed by atoms with Gasteiger partial charge in [0.25, 0.3) is 0 Å². The van der Waals surface area contributed by atoms with E-state index in [9.17, 15) is 4.79 Å². The Balaban J connectivity index is 1.55. The zero-order valence-corrected chi connectivity index (χ0v) is 13.9. The van der Waals surface area contributed by atoms with Gasteiger partial charge in [-0.1, -0.05) is 12.1 Å². The van der Waals surface area contributed by atoms with Gasteiger partial charge in [-0.2, -0.15) is 0 Å². The highest BCUT2D eigenvalue weighted by molar-refractivity contribution is 7.13. The molecule has 3 aromatic rings. The number of carbonyl (C=O) groups is 1. The third-order valence-electron chi connectivity index (χ3n) is 3.61. The molecular weight excluding hydrogens is 308 g/mol. The standard InChI is InChI=1S/C18H18N2O2S/c1-12-5-6-14(10-13(12)2)20-18(21)19-11-15-7-8-16(22-15)17-4-3-9-23-17/h3-10H,11H2,1-2H3,(H2,19,20,21). The van der Waals surface area contributed by atoms with Crippen molar-refractivity contribution in [2.45, 2.75) is 20.4 Å². The van der Waals surface area contributed by atoms with E-state index < -0.39 is 0 Å². The monoisotopic (exact) mass is 326 g/mol. The molecule has 5 heteroatoms. The number of benzene rings is 1. The van der Waals surface area contributed by atoms with Gasteiger partial charge in [0.05, 0.1) is 11.4 Å². The van der Waals surface area contributed by atoms with Crippen molar-refractivity contribution in [1.82, 2.24) is 5.32 Å². The molecule has 23 heavy (non-hydrogen) atoms. The second-order valence-electron chi connectivity index (χ2n) is 5.35. The molecule has 4 nitrogen and oxygen atoms in total. The molecule has 3 rings (SSSR count). The van der Waals surface area contributed by atoms with Gasteiger partial charge in [0.2, 0.25) is 0 Å². The van der Waals surface area contributed by atoms with Crippen LogP contribution in [0.1, 0.15) is 16.9 Å². The third-order valence-corrected chi connectivity index (χ3v) is 4.50. The van der Waals surface area contributed by atoms with Gasteiger partial charge in [-0.25, -0.2) is 4.79 Å². The zero-order valence-electron chi connectivity index (χ0n) is 13.1. The molecule has 2 amide bonds. The number of rotatable bonds is 4. The number of carbonyl (C=O) groups excluding carboxylic acids is 1. The molecule has 0 spiro atoms. The number of nitrogens with one attached hydrogen (secondary N) is 2. The Bertz CT molecular complexity index is 806. The molecule has 0 aliphatic carbocycles. The van der Waals surface area contributed by atoms with Crippen LogP contribution in [0.25, 0.3) is 10.6 Å². The summed E-state index contributed by atoms with van der Waals surface area (Å²) in [6.45, 7) is 4.41. The van der Waals surface area contributed by atoms with Gasteiger partial charge in [0.15, 0.2) is 0 Å². The lowest BCUT2D eigenvalue weighted by Gasteiger charge is -2.08. The number of hydrogen-bond donors (Lipinski definition) is 2. The van der Waals surface area contributed by atoms with Gasteiger partial charge in [-0.15, -0.1) is 11.3 Å². The first-order valence-electron chi connectivity index (χ1n) is 7.36. The molecule has 0 bridgehead atoms. The average molecular weight is 326 g/mol. The predicted molar refractivity (Wildman–Crippen MR) is 93.8 cm³/mol. The maximum Gasteiger partial charge on any atom is 0.319 e. The summed E-state index contributed by atoms with van der Waals surface area (Å²) in [6, 6.07) is 13.4. The first-order chi connectivity index (χ1) is 11.1. The summed E-state index contributed by atoms with van der Waals surface area (Å²) < 4.78 is 5.73. The minimum Gasteiger partial charge on any atom is -0.458 e. The highest BCUT2D eigenvalue weighted by atomic mass is 32.1. The van der Waals surface area contributed by atoms with Crippen LogP contribution in [0.2, 0.25) is 0 Å². The normalized spacial score (nSPS) is 10.5. The van der Waals surface area contributed by atoms with Crippen LogP contribution in [0, 0.1) is 13.8 Å². The van der Waals surface area contributed by atoms with Crippen molar-refractivity contribution >= 4 is 23.1 Å². The van der Waals surface area contributed by atoms with E-state index in [1.807, 2.05) is 61.7 Å². The molecule has 0 unspecified atom stereocenters. The Morgan fingerprint density at radius 1 is 1.13 bits per heavy atom. The van der Waals surface area contributed by atoms with Crippen LogP contribution < -0.4 is 10.6 Å². The number of amides is 2. The smallest absolute Gasteiger partial charge is 0.319 e. The molecule has 118 valence electrons. The number of anilines is 1. The molecule has 0 fully saturated rings. The maximum atomic E-state index is 12.0. The predicted octanol–water partition coefficient (Wildman–Crippen LogP) is 4.95. The summed E-state index contributed by atoms with van der Waals surface area (Å²) in [5, 5.41) is 7.63. The first-order valence-corrected chi connectivity index (χ1v) is 8.24. The highest BCUT2D eigenvalue weighted by Crippen LogP contribution is 2.26. The third kappa shape index (κ3) is 3.81. The van der Waals surface area contributed by atoms with E-state index in [1.165, 1.54) is 5.56 Å². The molecule has 2 heterocycles. The number of aryl methyl sites for hydroxylation is 2. The van der Waals surface area contributed by atoms with E-state index >= 15 is 0 Å². The van der Waals surface area contributed by atoms with Crippen LogP contribution >= 0.6 is 11.3 Å². The maximum absolute atomic E-state index is 12.0. The summed E-state index contributed by atoms with van der Waals surface area (Å²) in [5.41, 5.74) is 3.13. The second kappa shape index (κ2) is 6.71. The molecular formula is C18H18N2O2S. The van der Waals surface area contributed by atoms with Gasteiger partial charge in [0, 0.05) is 5.69 Å². The molecule has 2 N–H and O–H groups in total. The van der Waals surface area contributed by atoms with Crippen LogP contribution in [0.5, 0.6) is 0 Å². The molecule has 0 saturated heterocycles. The van der Waals surface area contributed by atoms with Crippen LogP contribution in [-0.4, -0.2) is 6.03 Å². The van der Waals surface area contributed by atoms with Crippen molar-refractivity contribution in [2.75, 3.05) is 5.32 Å². The summed E-state index contributed by atoms with van der Waals surface area (Å²) >= 11 is 1.62. The van der Waals surface area contributed by atoms with E-state index in [1.54, 1.807) is 11.3 Å². The first kappa shape index (κ1) is 15.4. The number of thiophene rings is 1. The van der Waals surface area contributed by atoms with Gasteiger partial charge in [-0.3, -0.25) is 0 Å². The lowest BCUT2D eigenvalue weighted by molar-refractivity contribution is 0.251. The van der Waals surface area contributed by atoms with Gasteiger partial charge in [0.1, 0.15) is 11.5 Å². The van der Waals surface area contributed by atoms with Crippen molar-refractivity contribution in [3.8, 4) is 10.6 Å². The SMILES string of the molecule is Cc1ccc(NC(=O)NCc2ccc(-c3cccs3)o2)cc1C. The Morgan fingerprint density at radius 2 is 2.00 bits per heavy atom. The van der Waals surface area contributed by atoms with E-state index in [0.29, 0.717) is 6.54 Å². The fraction of sp³-hybridized carbons (Fsp3) is 0.167. The van der Waals surface area contributed by atoms with E-state index in [2.05, 4.69) is 10.6 Å². The Kier molecular flexibility index (Phi) is 4.48. The van der Waals surface area contributed by atoms with E-state index in [0.717, 1.165) is 27.6 Å². The molecule has 0 atom stereocenters. The fourth-order valence-corrected chi connectivity index (χ4v) is 2.87.